The van der Waals surface area contributed by atoms with Gasteiger partial charge in [0, 0.05) is 31.3 Å². The Morgan fingerprint density at radius 2 is 1.87 bits per heavy atom. The number of hydrogen-bond donors (Lipinski definition) is 0. The van der Waals surface area contributed by atoms with Crippen LogP contribution in [-0.2, 0) is 0 Å². The summed E-state index contributed by atoms with van der Waals surface area (Å²) in [4.78, 5) is 32.2. The predicted molar refractivity (Wildman–Crippen MR) is 111 cm³/mol. The number of carbonyl (C=O) groups is 1. The molecule has 31 heavy (non-hydrogen) atoms. The Balaban J connectivity index is 1.45. The molecule has 1 saturated carbocycles. The van der Waals surface area contributed by atoms with E-state index in [1.807, 2.05) is 11.8 Å². The lowest BCUT2D eigenvalue weighted by atomic mass is 9.77. The summed E-state index contributed by atoms with van der Waals surface area (Å²) in [6, 6.07) is 6.37. The molecule has 1 aliphatic carbocycles. The molecule has 158 valence electrons. The smallest absolute Gasteiger partial charge is 0.316 e. The number of carbonyl (C=O) groups excluding carboxylic acids is 1. The molecule has 1 aromatic carbocycles. The van der Waals surface area contributed by atoms with E-state index in [1.165, 1.54) is 18.5 Å². The lowest BCUT2D eigenvalue weighted by Gasteiger charge is -2.49. The summed E-state index contributed by atoms with van der Waals surface area (Å²) < 4.78 is 20.8. The number of hydrogen-bond acceptors (Lipinski definition) is 6. The van der Waals surface area contributed by atoms with Gasteiger partial charge in [-0.3, -0.25) is 4.79 Å². The first-order valence-corrected chi connectivity index (χ1v) is 10.4. The van der Waals surface area contributed by atoms with E-state index in [0.717, 1.165) is 24.8 Å². The van der Waals surface area contributed by atoms with Crippen molar-refractivity contribution in [1.82, 2.24) is 24.8 Å². The second-order valence-corrected chi connectivity index (χ2v) is 8.14. The fourth-order valence-corrected chi connectivity index (χ4v) is 4.58. The highest BCUT2D eigenvalue weighted by atomic mass is 19.1. The molecule has 3 aliphatic rings. The maximum atomic E-state index is 14.8. The van der Waals surface area contributed by atoms with Crippen LogP contribution in [-0.4, -0.2) is 49.4 Å². The maximum absolute atomic E-state index is 14.8. The average Bonchev–Trinajstić information content (AvgIpc) is 2.81. The zero-order valence-electron chi connectivity index (χ0n) is 17.1. The van der Waals surface area contributed by atoms with Gasteiger partial charge in [0.05, 0.1) is 17.2 Å². The highest BCUT2D eigenvalue weighted by Crippen LogP contribution is 2.38. The maximum Gasteiger partial charge on any atom is 0.316 e. The molecule has 3 fully saturated rings. The molecule has 4 heterocycles. The Bertz CT molecular complexity index is 1090. The van der Waals surface area contributed by atoms with Crippen molar-refractivity contribution in [1.29, 1.82) is 0 Å². The number of rotatable bonds is 4. The van der Waals surface area contributed by atoms with E-state index in [9.17, 15) is 9.18 Å². The van der Waals surface area contributed by atoms with Crippen LogP contribution in [0.25, 0.3) is 11.4 Å². The first-order chi connectivity index (χ1) is 15.1. The third-order valence-corrected chi connectivity index (χ3v) is 6.03. The van der Waals surface area contributed by atoms with Crippen LogP contribution in [0.1, 0.15) is 35.2 Å². The summed E-state index contributed by atoms with van der Waals surface area (Å²) >= 11 is 0. The second kappa shape index (κ2) is 8.02. The molecule has 6 rings (SSSR count). The second-order valence-electron chi connectivity index (χ2n) is 8.14. The highest BCUT2D eigenvalue weighted by Gasteiger charge is 2.45. The molecule has 3 atom stereocenters. The van der Waals surface area contributed by atoms with Gasteiger partial charge in [0.15, 0.2) is 5.82 Å². The van der Waals surface area contributed by atoms with Gasteiger partial charge >= 0.3 is 6.01 Å². The molecule has 3 unspecified atom stereocenters. The third kappa shape index (κ3) is 3.73. The molecule has 8 heteroatoms. The SMILES string of the molecule is Cc1cnc(OC2CC3CCC2N(C(=O)c2cccc(F)c2-c2ncccn2)C3)nc1. The van der Waals surface area contributed by atoms with Gasteiger partial charge in [-0.05, 0) is 55.9 Å². The average molecular weight is 419 g/mol. The summed E-state index contributed by atoms with van der Waals surface area (Å²) in [5.41, 5.74) is 1.36. The fraction of sp³-hybridized carbons (Fsp3) is 0.348. The zero-order valence-corrected chi connectivity index (χ0v) is 17.1. The molecule has 2 aromatic heterocycles. The number of aromatic nitrogens is 4. The lowest BCUT2D eigenvalue weighted by molar-refractivity contribution is -0.0330. The summed E-state index contributed by atoms with van der Waals surface area (Å²) in [5.74, 6) is -0.212. The van der Waals surface area contributed by atoms with E-state index in [1.54, 1.807) is 30.6 Å². The molecule has 7 nitrogen and oxygen atoms in total. The van der Waals surface area contributed by atoms with Gasteiger partial charge < -0.3 is 9.64 Å². The van der Waals surface area contributed by atoms with Crippen molar-refractivity contribution in [3.8, 4) is 17.4 Å². The van der Waals surface area contributed by atoms with Gasteiger partial charge in [-0.2, -0.15) is 0 Å². The Morgan fingerprint density at radius 1 is 1.10 bits per heavy atom. The van der Waals surface area contributed by atoms with Crippen LogP contribution in [0.2, 0.25) is 0 Å². The largest absolute Gasteiger partial charge is 0.458 e. The van der Waals surface area contributed by atoms with E-state index in [-0.39, 0.29) is 35.0 Å². The molecule has 1 amide bonds. The van der Waals surface area contributed by atoms with Crippen LogP contribution in [0.15, 0.2) is 49.1 Å². The Hall–Kier alpha value is -3.42. The Kier molecular flexibility index (Phi) is 5.05. The normalized spacial score (nSPS) is 22.4. The van der Waals surface area contributed by atoms with Crippen molar-refractivity contribution in [3.63, 3.8) is 0 Å². The molecule has 2 bridgehead atoms. The van der Waals surface area contributed by atoms with Crippen LogP contribution in [0, 0.1) is 18.7 Å². The number of ether oxygens (including phenoxy) is 1. The van der Waals surface area contributed by atoms with E-state index in [4.69, 9.17) is 4.74 Å². The minimum absolute atomic E-state index is 0.116. The number of fused-ring (bicyclic) bond motifs is 3. The standard InChI is InChI=1S/C23H22FN5O2/c1-14-11-27-23(28-12-14)31-19-10-15-6-7-18(19)29(13-15)22(30)16-4-2-5-17(24)20(16)21-25-8-3-9-26-21/h2-5,8-9,11-12,15,18-19H,6-7,10,13H2,1H3. The number of piperidine rings is 2. The number of halogens is 1. The van der Waals surface area contributed by atoms with E-state index in [2.05, 4.69) is 19.9 Å². The zero-order chi connectivity index (χ0) is 21.4. The van der Waals surface area contributed by atoms with Gasteiger partial charge in [-0.15, -0.1) is 0 Å². The van der Waals surface area contributed by atoms with Crippen LogP contribution in [0.4, 0.5) is 4.39 Å². The molecule has 0 spiro atoms. The van der Waals surface area contributed by atoms with Crippen molar-refractivity contribution >= 4 is 5.91 Å². The number of nitrogens with zero attached hydrogens (tertiary/aromatic N) is 5. The van der Waals surface area contributed by atoms with Crippen LogP contribution in [0.5, 0.6) is 6.01 Å². The number of aryl methyl sites for hydroxylation is 1. The van der Waals surface area contributed by atoms with Crippen molar-refractivity contribution in [3.05, 3.63) is 66.0 Å². The molecule has 3 aromatic rings. The van der Waals surface area contributed by atoms with E-state index in [0.29, 0.717) is 18.5 Å². The summed E-state index contributed by atoms with van der Waals surface area (Å²) in [6.07, 6.45) is 9.04. The van der Waals surface area contributed by atoms with Crippen LogP contribution in [0.3, 0.4) is 0 Å². The molecule has 0 N–H and O–H groups in total. The predicted octanol–water partition coefficient (Wildman–Crippen LogP) is 3.45. The summed E-state index contributed by atoms with van der Waals surface area (Å²) in [7, 11) is 0. The van der Waals surface area contributed by atoms with Crippen molar-refractivity contribution in [2.45, 2.75) is 38.3 Å². The molecule has 2 saturated heterocycles. The number of benzene rings is 1. The topological polar surface area (TPSA) is 81.1 Å². The van der Waals surface area contributed by atoms with E-state index >= 15 is 0 Å². The van der Waals surface area contributed by atoms with Crippen molar-refractivity contribution in [2.75, 3.05) is 6.54 Å². The minimum atomic E-state index is -0.514. The van der Waals surface area contributed by atoms with E-state index < -0.39 is 5.82 Å². The first kappa shape index (κ1) is 19.5. The molecular weight excluding hydrogens is 397 g/mol. The van der Waals surface area contributed by atoms with Crippen LogP contribution >= 0.6 is 0 Å². The van der Waals surface area contributed by atoms with Crippen molar-refractivity contribution < 1.29 is 13.9 Å². The van der Waals surface area contributed by atoms with Gasteiger partial charge in [0.25, 0.3) is 5.91 Å². The van der Waals surface area contributed by atoms with Crippen LogP contribution < -0.4 is 4.74 Å². The molecule has 0 radical (unpaired) electrons. The molecule has 2 aliphatic heterocycles. The Labute approximate surface area is 179 Å². The van der Waals surface area contributed by atoms with Gasteiger partial charge in [0.1, 0.15) is 11.9 Å². The lowest BCUT2D eigenvalue weighted by Crippen LogP contribution is -2.59. The van der Waals surface area contributed by atoms with Crippen molar-refractivity contribution in [2.24, 2.45) is 5.92 Å². The Morgan fingerprint density at radius 3 is 2.61 bits per heavy atom. The van der Waals surface area contributed by atoms with Gasteiger partial charge in [-0.1, -0.05) is 6.07 Å². The highest BCUT2D eigenvalue weighted by molar-refractivity contribution is 6.00. The van der Waals surface area contributed by atoms with Gasteiger partial charge in [-0.25, -0.2) is 24.3 Å². The molecular formula is C23H22FN5O2. The fourth-order valence-electron chi connectivity index (χ4n) is 4.58. The minimum Gasteiger partial charge on any atom is -0.458 e. The summed E-state index contributed by atoms with van der Waals surface area (Å²) in [6.45, 7) is 2.55. The summed E-state index contributed by atoms with van der Waals surface area (Å²) in [5, 5.41) is 0. The van der Waals surface area contributed by atoms with Gasteiger partial charge in [0.2, 0.25) is 0 Å². The monoisotopic (exact) mass is 419 g/mol. The number of amides is 1. The quantitative estimate of drug-likeness (QED) is 0.644. The first-order valence-electron chi connectivity index (χ1n) is 10.4. The third-order valence-electron chi connectivity index (χ3n) is 6.03.